The second kappa shape index (κ2) is 5.89. The average molecular weight is 325 g/mol. The van der Waals surface area contributed by atoms with Crippen LogP contribution < -0.4 is 9.47 Å². The van der Waals surface area contributed by atoms with Gasteiger partial charge in [0.2, 0.25) is 6.79 Å². The lowest BCUT2D eigenvalue weighted by molar-refractivity contribution is 0.174. The molecule has 4 rings (SSSR count). The van der Waals surface area contributed by atoms with Gasteiger partial charge in [-0.05, 0) is 36.3 Å². The van der Waals surface area contributed by atoms with Crippen LogP contribution in [0.2, 0.25) is 0 Å². The van der Waals surface area contributed by atoms with Gasteiger partial charge in [-0.3, -0.25) is 9.67 Å². The first-order valence-corrected chi connectivity index (χ1v) is 7.82. The second-order valence-corrected chi connectivity index (χ2v) is 5.69. The maximum absolute atomic E-state index is 5.45. The van der Waals surface area contributed by atoms with Gasteiger partial charge < -0.3 is 9.47 Å². The number of rotatable bonds is 4. The summed E-state index contributed by atoms with van der Waals surface area (Å²) in [5.41, 5.74) is 2.20. The normalized spacial score (nSPS) is 12.5. The molecular formula is C17H15N3O2S. The Bertz CT molecular complexity index is 886. The second-order valence-electron chi connectivity index (χ2n) is 5.30. The average Bonchev–Trinajstić information content (AvgIpc) is 3.19. The zero-order chi connectivity index (χ0) is 15.6. The Hall–Kier alpha value is -2.60. The van der Waals surface area contributed by atoms with E-state index in [4.69, 9.17) is 21.7 Å². The summed E-state index contributed by atoms with van der Waals surface area (Å²) in [7, 11) is 0. The summed E-state index contributed by atoms with van der Waals surface area (Å²) >= 11 is 5.39. The third kappa shape index (κ3) is 2.73. The van der Waals surface area contributed by atoms with Gasteiger partial charge in [-0.1, -0.05) is 30.3 Å². The van der Waals surface area contributed by atoms with Gasteiger partial charge in [-0.25, -0.2) is 0 Å². The van der Waals surface area contributed by atoms with Crippen molar-refractivity contribution >= 4 is 12.2 Å². The molecule has 0 radical (unpaired) electrons. The minimum Gasteiger partial charge on any atom is -0.454 e. The number of ether oxygens (including phenoxy) is 2. The number of fused-ring (bicyclic) bond motifs is 1. The molecule has 2 aromatic carbocycles. The molecular weight excluding hydrogens is 310 g/mol. The van der Waals surface area contributed by atoms with Crippen molar-refractivity contribution in [3.8, 4) is 17.2 Å². The van der Waals surface area contributed by atoms with Gasteiger partial charge in [0.1, 0.15) is 5.82 Å². The first-order chi connectivity index (χ1) is 11.3. The van der Waals surface area contributed by atoms with Crippen molar-refractivity contribution in [2.24, 2.45) is 0 Å². The van der Waals surface area contributed by atoms with Crippen molar-refractivity contribution in [1.29, 1.82) is 0 Å². The molecule has 5 nitrogen and oxygen atoms in total. The molecule has 23 heavy (non-hydrogen) atoms. The van der Waals surface area contributed by atoms with E-state index in [1.807, 2.05) is 41.0 Å². The number of aromatic nitrogens is 3. The largest absolute Gasteiger partial charge is 0.454 e. The van der Waals surface area contributed by atoms with Crippen LogP contribution in [-0.4, -0.2) is 21.6 Å². The molecule has 0 saturated heterocycles. The Labute approximate surface area is 138 Å². The number of hydrogen-bond acceptors (Lipinski definition) is 4. The third-order valence-electron chi connectivity index (χ3n) is 3.84. The minimum atomic E-state index is 0.260. The van der Waals surface area contributed by atoms with Crippen LogP contribution in [0, 0.1) is 4.77 Å². The van der Waals surface area contributed by atoms with Crippen molar-refractivity contribution in [1.82, 2.24) is 14.8 Å². The maximum atomic E-state index is 5.45. The molecule has 116 valence electrons. The molecule has 1 N–H and O–H groups in total. The number of benzene rings is 2. The summed E-state index contributed by atoms with van der Waals surface area (Å²) < 4.78 is 13.3. The topological polar surface area (TPSA) is 52.1 Å². The Kier molecular flexibility index (Phi) is 3.59. The number of hydrogen-bond donors (Lipinski definition) is 1. The number of aromatic amines is 1. The van der Waals surface area contributed by atoms with Crippen LogP contribution in [0.3, 0.4) is 0 Å². The lowest BCUT2D eigenvalue weighted by Crippen LogP contribution is -2.03. The Balaban J connectivity index is 1.64. The summed E-state index contributed by atoms with van der Waals surface area (Å²) in [5, 5.41) is 7.26. The summed E-state index contributed by atoms with van der Waals surface area (Å²) in [5.74, 6) is 2.40. The third-order valence-corrected chi connectivity index (χ3v) is 4.11. The van der Waals surface area contributed by atoms with E-state index >= 15 is 0 Å². The Morgan fingerprint density at radius 3 is 2.74 bits per heavy atom. The van der Waals surface area contributed by atoms with E-state index in [0.29, 0.717) is 4.77 Å². The molecule has 0 spiro atoms. The molecule has 0 bridgehead atoms. The van der Waals surface area contributed by atoms with Crippen LogP contribution >= 0.6 is 12.2 Å². The molecule has 0 saturated carbocycles. The van der Waals surface area contributed by atoms with Crippen LogP contribution in [0.4, 0.5) is 0 Å². The highest BCUT2D eigenvalue weighted by molar-refractivity contribution is 7.71. The van der Waals surface area contributed by atoms with E-state index in [1.54, 1.807) is 0 Å². The highest BCUT2D eigenvalue weighted by Crippen LogP contribution is 2.33. The molecule has 0 unspecified atom stereocenters. The molecule has 1 aromatic heterocycles. The molecule has 2 heterocycles. The van der Waals surface area contributed by atoms with Crippen molar-refractivity contribution in [2.45, 2.75) is 12.8 Å². The lowest BCUT2D eigenvalue weighted by atomic mass is 10.1. The number of H-pyrrole nitrogens is 1. The fraction of sp³-hybridized carbons (Fsp3) is 0.176. The SMILES string of the molecule is S=c1[nH]nc(CCc2ccccc2)n1-c1ccc2c(c1)OCO2. The van der Waals surface area contributed by atoms with Gasteiger partial charge in [0, 0.05) is 12.5 Å². The quantitative estimate of drug-likeness (QED) is 0.747. The van der Waals surface area contributed by atoms with Crippen LogP contribution in [0.5, 0.6) is 11.5 Å². The fourth-order valence-electron chi connectivity index (χ4n) is 2.69. The predicted octanol–water partition coefficient (Wildman–Crippen LogP) is 3.44. The van der Waals surface area contributed by atoms with E-state index < -0.39 is 0 Å². The minimum absolute atomic E-state index is 0.260. The highest BCUT2D eigenvalue weighted by Gasteiger charge is 2.16. The van der Waals surface area contributed by atoms with Crippen LogP contribution in [0.1, 0.15) is 11.4 Å². The van der Waals surface area contributed by atoms with E-state index in [1.165, 1.54) is 5.56 Å². The molecule has 0 fully saturated rings. The standard InChI is InChI=1S/C17H15N3O2S/c23-17-19-18-16(9-6-12-4-2-1-3-5-12)20(17)13-7-8-14-15(10-13)22-11-21-14/h1-5,7-8,10H,6,9,11H2,(H,19,23). The van der Waals surface area contributed by atoms with Gasteiger partial charge in [-0.2, -0.15) is 5.10 Å². The van der Waals surface area contributed by atoms with E-state index in [9.17, 15) is 0 Å². The number of nitrogens with one attached hydrogen (secondary N) is 1. The number of aryl methyl sites for hydroxylation is 2. The van der Waals surface area contributed by atoms with Gasteiger partial charge >= 0.3 is 0 Å². The first kappa shape index (κ1) is 14.0. The van der Waals surface area contributed by atoms with Crippen molar-refractivity contribution in [3.63, 3.8) is 0 Å². The van der Waals surface area contributed by atoms with Gasteiger partial charge in [0.05, 0.1) is 5.69 Å². The van der Waals surface area contributed by atoms with E-state index in [2.05, 4.69) is 22.3 Å². The lowest BCUT2D eigenvalue weighted by Gasteiger charge is -2.08. The predicted molar refractivity (Wildman–Crippen MR) is 88.7 cm³/mol. The fourth-order valence-corrected chi connectivity index (χ4v) is 2.95. The zero-order valence-electron chi connectivity index (χ0n) is 12.4. The summed E-state index contributed by atoms with van der Waals surface area (Å²) in [6.45, 7) is 0.260. The monoisotopic (exact) mass is 325 g/mol. The maximum Gasteiger partial charge on any atom is 0.231 e. The highest BCUT2D eigenvalue weighted by atomic mass is 32.1. The summed E-state index contributed by atoms with van der Waals surface area (Å²) in [6.07, 6.45) is 1.70. The number of nitrogens with zero attached hydrogens (tertiary/aromatic N) is 2. The van der Waals surface area contributed by atoms with Crippen LogP contribution in [-0.2, 0) is 12.8 Å². The molecule has 3 aromatic rings. The molecule has 0 atom stereocenters. The van der Waals surface area contributed by atoms with Crippen molar-refractivity contribution in [3.05, 3.63) is 64.7 Å². The Morgan fingerprint density at radius 2 is 1.87 bits per heavy atom. The molecule has 0 amide bonds. The van der Waals surface area contributed by atoms with Gasteiger partial charge in [-0.15, -0.1) is 0 Å². The summed E-state index contributed by atoms with van der Waals surface area (Å²) in [4.78, 5) is 0. The van der Waals surface area contributed by atoms with E-state index in [-0.39, 0.29) is 6.79 Å². The first-order valence-electron chi connectivity index (χ1n) is 7.41. The smallest absolute Gasteiger partial charge is 0.231 e. The Morgan fingerprint density at radius 1 is 1.04 bits per heavy atom. The van der Waals surface area contributed by atoms with Crippen molar-refractivity contribution < 1.29 is 9.47 Å². The molecule has 1 aliphatic rings. The zero-order valence-corrected chi connectivity index (χ0v) is 13.2. The van der Waals surface area contributed by atoms with Crippen molar-refractivity contribution in [2.75, 3.05) is 6.79 Å². The van der Waals surface area contributed by atoms with Gasteiger partial charge in [0.15, 0.2) is 16.3 Å². The summed E-state index contributed by atoms with van der Waals surface area (Å²) in [6, 6.07) is 16.1. The van der Waals surface area contributed by atoms with Crippen LogP contribution in [0.15, 0.2) is 48.5 Å². The van der Waals surface area contributed by atoms with Crippen LogP contribution in [0.25, 0.3) is 5.69 Å². The van der Waals surface area contributed by atoms with Gasteiger partial charge in [0.25, 0.3) is 0 Å². The molecule has 1 aliphatic heterocycles. The molecule has 0 aliphatic carbocycles. The molecule has 6 heteroatoms. The van der Waals surface area contributed by atoms with E-state index in [0.717, 1.165) is 35.9 Å².